The van der Waals surface area contributed by atoms with Gasteiger partial charge in [-0.2, -0.15) is 35.2 Å². The van der Waals surface area contributed by atoms with Gasteiger partial charge in [0.15, 0.2) is 0 Å². The lowest BCUT2D eigenvalue weighted by Gasteiger charge is -2.36. The molecule has 2 aromatic rings. The van der Waals surface area contributed by atoms with Crippen molar-refractivity contribution in [3.8, 4) is 11.4 Å². The monoisotopic (exact) mass is 433 g/mol. The van der Waals surface area contributed by atoms with Gasteiger partial charge in [0.1, 0.15) is 0 Å². The van der Waals surface area contributed by atoms with E-state index in [0.717, 1.165) is 12.1 Å². The zero-order valence-corrected chi connectivity index (χ0v) is 17.0. The third-order valence-electron chi connectivity index (χ3n) is 4.86. The van der Waals surface area contributed by atoms with Crippen molar-refractivity contribution in [3.05, 3.63) is 35.7 Å². The summed E-state index contributed by atoms with van der Waals surface area (Å²) in [6.45, 7) is 3.41. The van der Waals surface area contributed by atoms with Crippen LogP contribution < -0.4 is 0 Å². The Hall–Kier alpha value is -2.02. The van der Waals surface area contributed by atoms with Crippen LogP contribution >= 0.6 is 0 Å². The van der Waals surface area contributed by atoms with E-state index >= 15 is 0 Å². The molecule has 1 aliphatic rings. The summed E-state index contributed by atoms with van der Waals surface area (Å²) in [4.78, 5) is 6.24. The SMILES string of the molecule is C[C@@H](c1nc(-c2cccc(C(F)(F)F)c2)no1)N1CCN(S(=O)(=O)N(C)C)CC1. The van der Waals surface area contributed by atoms with Gasteiger partial charge in [0.05, 0.1) is 11.6 Å². The number of halogens is 3. The molecule has 0 spiro atoms. The van der Waals surface area contributed by atoms with Crippen molar-refractivity contribution in [2.45, 2.75) is 19.1 Å². The molecule has 1 aromatic carbocycles. The molecule has 12 heteroatoms. The van der Waals surface area contributed by atoms with E-state index in [9.17, 15) is 21.6 Å². The summed E-state index contributed by atoms with van der Waals surface area (Å²) >= 11 is 0. The molecule has 3 rings (SSSR count). The molecule has 8 nitrogen and oxygen atoms in total. The summed E-state index contributed by atoms with van der Waals surface area (Å²) in [5.74, 6) is 0.341. The Morgan fingerprint density at radius 3 is 2.41 bits per heavy atom. The molecular weight excluding hydrogens is 411 g/mol. The quantitative estimate of drug-likeness (QED) is 0.719. The summed E-state index contributed by atoms with van der Waals surface area (Å²) in [7, 11) is -0.497. The summed E-state index contributed by atoms with van der Waals surface area (Å²) in [6, 6.07) is 4.44. The number of alkyl halides is 3. The van der Waals surface area contributed by atoms with Crippen molar-refractivity contribution >= 4 is 10.2 Å². The molecule has 1 saturated heterocycles. The predicted molar refractivity (Wildman–Crippen MR) is 98.9 cm³/mol. The molecule has 0 radical (unpaired) electrons. The highest BCUT2D eigenvalue weighted by Crippen LogP contribution is 2.32. The highest BCUT2D eigenvalue weighted by Gasteiger charge is 2.33. The maximum atomic E-state index is 12.9. The van der Waals surface area contributed by atoms with Crippen LogP contribution in [0.25, 0.3) is 11.4 Å². The topological polar surface area (TPSA) is 82.8 Å². The van der Waals surface area contributed by atoms with Gasteiger partial charge < -0.3 is 4.52 Å². The number of hydrogen-bond donors (Lipinski definition) is 0. The predicted octanol–water partition coefficient (Wildman–Crippen LogP) is 2.24. The van der Waals surface area contributed by atoms with Crippen molar-refractivity contribution in [1.29, 1.82) is 0 Å². The maximum Gasteiger partial charge on any atom is 0.416 e. The molecule has 1 fully saturated rings. The highest BCUT2D eigenvalue weighted by molar-refractivity contribution is 7.86. The molecular formula is C17H22F3N5O3S. The first kappa shape index (κ1) is 21.7. The van der Waals surface area contributed by atoms with Crippen LogP contribution in [0.15, 0.2) is 28.8 Å². The molecule has 29 heavy (non-hydrogen) atoms. The fourth-order valence-corrected chi connectivity index (χ4v) is 4.15. The van der Waals surface area contributed by atoms with Gasteiger partial charge in [-0.25, -0.2) is 0 Å². The van der Waals surface area contributed by atoms with Crippen molar-refractivity contribution < 1.29 is 26.1 Å². The minimum absolute atomic E-state index is 0.0757. The van der Waals surface area contributed by atoms with Crippen molar-refractivity contribution in [2.24, 2.45) is 0 Å². The number of piperazine rings is 1. The van der Waals surface area contributed by atoms with E-state index in [4.69, 9.17) is 4.52 Å². The van der Waals surface area contributed by atoms with Crippen LogP contribution in [0.2, 0.25) is 0 Å². The minimum atomic E-state index is -4.46. The van der Waals surface area contributed by atoms with Gasteiger partial charge in [0, 0.05) is 45.8 Å². The fourth-order valence-electron chi connectivity index (χ4n) is 3.07. The molecule has 1 atom stereocenters. The summed E-state index contributed by atoms with van der Waals surface area (Å²) in [5, 5.41) is 3.81. The molecule has 0 bridgehead atoms. The highest BCUT2D eigenvalue weighted by atomic mass is 32.2. The smallest absolute Gasteiger partial charge is 0.337 e. The largest absolute Gasteiger partial charge is 0.416 e. The fraction of sp³-hybridized carbons (Fsp3) is 0.529. The Morgan fingerprint density at radius 1 is 1.17 bits per heavy atom. The van der Waals surface area contributed by atoms with Gasteiger partial charge in [-0.3, -0.25) is 4.90 Å². The van der Waals surface area contributed by atoms with E-state index in [1.807, 2.05) is 11.8 Å². The van der Waals surface area contributed by atoms with E-state index in [-0.39, 0.29) is 23.3 Å². The second-order valence-corrected chi connectivity index (χ2v) is 9.08. The lowest BCUT2D eigenvalue weighted by Crippen LogP contribution is -2.52. The third-order valence-corrected chi connectivity index (χ3v) is 6.80. The van der Waals surface area contributed by atoms with Gasteiger partial charge in [0.25, 0.3) is 10.2 Å². The van der Waals surface area contributed by atoms with Gasteiger partial charge in [-0.15, -0.1) is 0 Å². The number of rotatable bonds is 5. The van der Waals surface area contributed by atoms with Crippen molar-refractivity contribution in [1.82, 2.24) is 23.7 Å². The number of hydrogen-bond acceptors (Lipinski definition) is 6. The zero-order valence-electron chi connectivity index (χ0n) is 16.2. The van der Waals surface area contributed by atoms with Crippen LogP contribution in [-0.4, -0.2) is 72.3 Å². The van der Waals surface area contributed by atoms with E-state index in [1.54, 1.807) is 0 Å². The Morgan fingerprint density at radius 2 is 1.83 bits per heavy atom. The van der Waals surface area contributed by atoms with Crippen LogP contribution in [0.5, 0.6) is 0 Å². The minimum Gasteiger partial charge on any atom is -0.337 e. The first-order valence-corrected chi connectivity index (χ1v) is 10.3. The van der Waals surface area contributed by atoms with Crippen LogP contribution in [-0.2, 0) is 16.4 Å². The molecule has 2 heterocycles. The lowest BCUT2D eigenvalue weighted by atomic mass is 10.1. The summed E-state index contributed by atoms with van der Waals surface area (Å²) in [6.07, 6.45) is -4.46. The Balaban J connectivity index is 1.70. The first-order valence-electron chi connectivity index (χ1n) is 8.93. The molecule has 0 N–H and O–H groups in total. The average molecular weight is 433 g/mol. The van der Waals surface area contributed by atoms with Crippen LogP contribution in [0, 0.1) is 0 Å². The zero-order chi connectivity index (χ0) is 21.4. The lowest BCUT2D eigenvalue weighted by molar-refractivity contribution is -0.137. The molecule has 0 saturated carbocycles. The van der Waals surface area contributed by atoms with Crippen LogP contribution in [0.4, 0.5) is 13.2 Å². The van der Waals surface area contributed by atoms with Gasteiger partial charge in [0.2, 0.25) is 11.7 Å². The molecule has 160 valence electrons. The van der Waals surface area contributed by atoms with E-state index in [0.29, 0.717) is 26.2 Å². The number of benzene rings is 1. The molecule has 1 aliphatic heterocycles. The van der Waals surface area contributed by atoms with E-state index in [1.165, 1.54) is 34.8 Å². The van der Waals surface area contributed by atoms with Gasteiger partial charge in [-0.05, 0) is 19.1 Å². The van der Waals surface area contributed by atoms with Gasteiger partial charge >= 0.3 is 6.18 Å². The second-order valence-electron chi connectivity index (χ2n) is 6.94. The molecule has 0 unspecified atom stereocenters. The summed E-state index contributed by atoms with van der Waals surface area (Å²) in [5.41, 5.74) is -0.573. The Bertz CT molecular complexity index is 953. The standard InChI is InChI=1S/C17H22F3N5O3S/c1-12(24-7-9-25(10-8-24)29(26,27)23(2)3)16-21-15(22-28-16)13-5-4-6-14(11-13)17(18,19)20/h4-6,11-12H,7-10H2,1-3H3/t12-/m0/s1. The maximum absolute atomic E-state index is 12.9. The Labute approximate surface area is 167 Å². The number of nitrogens with zero attached hydrogens (tertiary/aromatic N) is 5. The van der Waals surface area contributed by atoms with Gasteiger partial charge in [-0.1, -0.05) is 17.3 Å². The summed E-state index contributed by atoms with van der Waals surface area (Å²) < 4.78 is 71.0. The van der Waals surface area contributed by atoms with Crippen LogP contribution in [0.1, 0.15) is 24.4 Å². The Kier molecular flexibility index (Phi) is 5.99. The average Bonchev–Trinajstić information content (AvgIpc) is 3.17. The van der Waals surface area contributed by atoms with E-state index < -0.39 is 21.9 Å². The third kappa shape index (κ3) is 4.60. The molecule has 0 aliphatic carbocycles. The molecule has 1 aromatic heterocycles. The second kappa shape index (κ2) is 8.01. The van der Waals surface area contributed by atoms with E-state index in [2.05, 4.69) is 10.1 Å². The van der Waals surface area contributed by atoms with Crippen molar-refractivity contribution in [2.75, 3.05) is 40.3 Å². The van der Waals surface area contributed by atoms with Crippen LogP contribution in [0.3, 0.4) is 0 Å². The normalized spacial score (nSPS) is 18.3. The first-order chi connectivity index (χ1) is 13.5. The molecule has 0 amide bonds. The number of aromatic nitrogens is 2. The van der Waals surface area contributed by atoms with Crippen molar-refractivity contribution in [3.63, 3.8) is 0 Å².